The first-order valence-corrected chi connectivity index (χ1v) is 6.29. The molecule has 3 fully saturated rings. The molecule has 1 aliphatic heterocycles. The van der Waals surface area contributed by atoms with E-state index in [-0.39, 0.29) is 5.41 Å². The van der Waals surface area contributed by atoms with Crippen LogP contribution in [0, 0.1) is 23.2 Å². The fraction of sp³-hybridized carbons (Fsp3) is 0.818. The van der Waals surface area contributed by atoms with Crippen molar-refractivity contribution in [2.75, 3.05) is 6.61 Å². The van der Waals surface area contributed by atoms with E-state index in [9.17, 15) is 5.11 Å². The van der Waals surface area contributed by atoms with Gasteiger partial charge in [-0.3, -0.25) is 0 Å². The lowest BCUT2D eigenvalue weighted by molar-refractivity contribution is 0.0694. The summed E-state index contributed by atoms with van der Waals surface area (Å²) in [6, 6.07) is 0. The molecule has 1 saturated heterocycles. The van der Waals surface area contributed by atoms with Gasteiger partial charge in [0, 0.05) is 16.2 Å². The van der Waals surface area contributed by atoms with Crippen LogP contribution in [0.3, 0.4) is 0 Å². The lowest BCUT2D eigenvalue weighted by Crippen LogP contribution is -2.43. The Kier molecular flexibility index (Phi) is 1.35. The van der Waals surface area contributed by atoms with Gasteiger partial charge in [-0.25, -0.2) is 0 Å². The van der Waals surface area contributed by atoms with Gasteiger partial charge < -0.3 is 9.84 Å². The maximum atomic E-state index is 9.68. The van der Waals surface area contributed by atoms with Crippen molar-refractivity contribution in [3.05, 3.63) is 12.2 Å². The quantitative estimate of drug-likeness (QED) is 0.567. The number of aliphatic hydroxyl groups is 1. The highest BCUT2D eigenvalue weighted by Crippen LogP contribution is 2.69. The molecule has 2 bridgehead atoms. The van der Waals surface area contributed by atoms with Gasteiger partial charge in [-0.15, -0.1) is 0 Å². The number of ether oxygens (including phenoxy) is 1. The first kappa shape index (κ1) is 8.31. The number of hydrogen-bond donors (Lipinski definition) is 1. The first-order chi connectivity index (χ1) is 6.78. The van der Waals surface area contributed by atoms with Crippen LogP contribution in [0.5, 0.6) is 0 Å². The summed E-state index contributed by atoms with van der Waals surface area (Å²) in [6.45, 7) is 0.296. The highest BCUT2D eigenvalue weighted by molar-refractivity contribution is 9.09. The van der Waals surface area contributed by atoms with E-state index in [1.165, 1.54) is 6.42 Å². The molecule has 0 radical (unpaired) electrons. The van der Waals surface area contributed by atoms with Gasteiger partial charge in [0.25, 0.3) is 0 Å². The van der Waals surface area contributed by atoms with E-state index in [4.69, 9.17) is 4.74 Å². The predicted octanol–water partition coefficient (Wildman–Crippen LogP) is 1.33. The molecule has 3 aliphatic carbocycles. The van der Waals surface area contributed by atoms with Crippen LogP contribution in [-0.2, 0) is 4.74 Å². The second-order valence-electron chi connectivity index (χ2n) is 5.17. The van der Waals surface area contributed by atoms with Gasteiger partial charge in [0.1, 0.15) is 0 Å². The second-order valence-corrected chi connectivity index (χ2v) is 6.23. The summed E-state index contributed by atoms with van der Waals surface area (Å²) in [5.41, 5.74) is 0.0521. The summed E-state index contributed by atoms with van der Waals surface area (Å²) in [5, 5.41) is 9.68. The Morgan fingerprint density at radius 3 is 3.21 bits per heavy atom. The maximum Gasteiger partial charge on any atom is 0.0801 e. The molecule has 4 rings (SSSR count). The van der Waals surface area contributed by atoms with Crippen molar-refractivity contribution in [3.63, 3.8) is 0 Å². The molecule has 2 saturated carbocycles. The molecule has 0 aromatic rings. The van der Waals surface area contributed by atoms with Crippen LogP contribution >= 0.6 is 15.9 Å². The molecule has 5 unspecified atom stereocenters. The van der Waals surface area contributed by atoms with Gasteiger partial charge in [0.05, 0.1) is 18.8 Å². The SMILES string of the molecule is OC[C@@]12C=C[C@H]3OC4C(Br)C1CC4C32. The lowest BCUT2D eigenvalue weighted by Gasteiger charge is -2.38. The summed E-state index contributed by atoms with van der Waals surface area (Å²) in [4.78, 5) is 0.464. The Labute approximate surface area is 91.5 Å². The highest BCUT2D eigenvalue weighted by Gasteiger charge is 2.71. The molecule has 3 heteroatoms. The van der Waals surface area contributed by atoms with Crippen LogP contribution < -0.4 is 0 Å². The topological polar surface area (TPSA) is 29.5 Å². The number of rotatable bonds is 1. The molecule has 7 atom stereocenters. The van der Waals surface area contributed by atoms with E-state index in [0.29, 0.717) is 41.4 Å². The Morgan fingerprint density at radius 2 is 2.43 bits per heavy atom. The molecule has 14 heavy (non-hydrogen) atoms. The van der Waals surface area contributed by atoms with Crippen molar-refractivity contribution in [1.82, 2.24) is 0 Å². The van der Waals surface area contributed by atoms with Gasteiger partial charge in [-0.05, 0) is 18.3 Å². The third-order valence-electron chi connectivity index (χ3n) is 4.96. The Hall–Kier alpha value is 0.140. The number of aliphatic hydroxyl groups excluding tert-OH is 1. The number of halogens is 1. The summed E-state index contributed by atoms with van der Waals surface area (Å²) < 4.78 is 6.02. The highest BCUT2D eigenvalue weighted by atomic mass is 79.9. The molecule has 1 heterocycles. The Bertz CT molecular complexity index is 329. The molecular formula is C11H13BrO2. The molecule has 0 amide bonds. The third kappa shape index (κ3) is 0.624. The smallest absolute Gasteiger partial charge is 0.0801 e. The Balaban J connectivity index is 1.92. The van der Waals surface area contributed by atoms with Crippen molar-refractivity contribution in [1.29, 1.82) is 0 Å². The molecule has 0 aromatic heterocycles. The number of hydrogen-bond acceptors (Lipinski definition) is 2. The van der Waals surface area contributed by atoms with Crippen LogP contribution in [0.15, 0.2) is 12.2 Å². The van der Waals surface area contributed by atoms with Gasteiger partial charge in [-0.2, -0.15) is 0 Å². The van der Waals surface area contributed by atoms with Gasteiger partial charge in [-0.1, -0.05) is 28.1 Å². The number of alkyl halides is 1. The third-order valence-corrected chi connectivity index (χ3v) is 6.12. The molecule has 1 N–H and O–H groups in total. The second kappa shape index (κ2) is 2.28. The van der Waals surface area contributed by atoms with E-state index in [2.05, 4.69) is 28.1 Å². The fourth-order valence-corrected chi connectivity index (χ4v) is 5.70. The zero-order valence-corrected chi connectivity index (χ0v) is 9.35. The predicted molar refractivity (Wildman–Crippen MR) is 55.1 cm³/mol. The van der Waals surface area contributed by atoms with Crippen molar-refractivity contribution < 1.29 is 9.84 Å². The molecule has 0 aromatic carbocycles. The fourth-order valence-electron chi connectivity index (χ4n) is 4.48. The van der Waals surface area contributed by atoms with E-state index in [1.54, 1.807) is 0 Å². The van der Waals surface area contributed by atoms with Gasteiger partial charge >= 0.3 is 0 Å². The van der Waals surface area contributed by atoms with Crippen molar-refractivity contribution in [2.45, 2.75) is 23.5 Å². The van der Waals surface area contributed by atoms with Crippen LogP contribution in [0.4, 0.5) is 0 Å². The normalized spacial score (nSPS) is 67.0. The lowest BCUT2D eigenvalue weighted by atomic mass is 9.68. The average Bonchev–Trinajstić information content (AvgIpc) is 2.83. The molecule has 2 nitrogen and oxygen atoms in total. The zero-order valence-electron chi connectivity index (χ0n) is 7.77. The largest absolute Gasteiger partial charge is 0.395 e. The minimum Gasteiger partial charge on any atom is -0.395 e. The monoisotopic (exact) mass is 256 g/mol. The summed E-state index contributed by atoms with van der Waals surface area (Å²) in [5.74, 6) is 1.86. The van der Waals surface area contributed by atoms with Crippen LogP contribution in [0.25, 0.3) is 0 Å². The van der Waals surface area contributed by atoms with Crippen molar-refractivity contribution in [3.8, 4) is 0 Å². The molecular weight excluding hydrogens is 244 g/mol. The standard InChI is InChI=1S/C11H13BrO2/c12-9-6-3-5-8-7(14-10(5)9)1-2-11(6,8)4-13/h1-2,5-10,13H,3-4H2/t5?,6?,7-,8?,9?,10?,11+/m1/s1. The van der Waals surface area contributed by atoms with Crippen LogP contribution in [0.1, 0.15) is 6.42 Å². The number of fused-ring (bicyclic) bond motifs is 2. The molecule has 4 aliphatic rings. The van der Waals surface area contributed by atoms with Gasteiger partial charge in [0.2, 0.25) is 0 Å². The average molecular weight is 257 g/mol. The minimum absolute atomic E-state index is 0.0521. The van der Waals surface area contributed by atoms with Crippen molar-refractivity contribution in [2.24, 2.45) is 23.2 Å². The van der Waals surface area contributed by atoms with E-state index in [0.717, 1.165) is 0 Å². The zero-order chi connectivity index (χ0) is 9.50. The first-order valence-electron chi connectivity index (χ1n) is 5.38. The van der Waals surface area contributed by atoms with Crippen LogP contribution in [0.2, 0.25) is 0 Å². The van der Waals surface area contributed by atoms with E-state index >= 15 is 0 Å². The minimum atomic E-state index is 0.0521. The van der Waals surface area contributed by atoms with E-state index in [1.807, 2.05) is 0 Å². The van der Waals surface area contributed by atoms with Crippen LogP contribution in [-0.4, -0.2) is 28.7 Å². The van der Waals surface area contributed by atoms with Gasteiger partial charge in [0.15, 0.2) is 0 Å². The summed E-state index contributed by atoms with van der Waals surface area (Å²) in [7, 11) is 0. The summed E-state index contributed by atoms with van der Waals surface area (Å²) >= 11 is 3.76. The maximum absolute atomic E-state index is 9.68. The summed E-state index contributed by atoms with van der Waals surface area (Å²) in [6.07, 6.45) is 6.37. The molecule has 0 spiro atoms. The Morgan fingerprint density at radius 1 is 1.57 bits per heavy atom. The van der Waals surface area contributed by atoms with Crippen molar-refractivity contribution >= 4 is 15.9 Å². The van der Waals surface area contributed by atoms with E-state index < -0.39 is 0 Å². The molecule has 76 valence electrons.